The lowest BCUT2D eigenvalue weighted by molar-refractivity contribution is -0.116. The average molecular weight is 471 g/mol. The van der Waals surface area contributed by atoms with Crippen molar-refractivity contribution in [2.45, 2.75) is 13.8 Å². The van der Waals surface area contributed by atoms with Gasteiger partial charge < -0.3 is 15.0 Å². The highest BCUT2D eigenvalue weighted by molar-refractivity contribution is 9.10. The van der Waals surface area contributed by atoms with Crippen molar-refractivity contribution in [2.24, 2.45) is 0 Å². The van der Waals surface area contributed by atoms with Crippen LogP contribution in [0.4, 0.5) is 5.69 Å². The molecule has 0 aliphatic carbocycles. The van der Waals surface area contributed by atoms with Crippen molar-refractivity contribution in [3.63, 3.8) is 0 Å². The zero-order valence-corrected chi connectivity index (χ0v) is 18.9. The van der Waals surface area contributed by atoms with E-state index in [0.29, 0.717) is 11.4 Å². The summed E-state index contributed by atoms with van der Waals surface area (Å²) in [7, 11) is 3.16. The Morgan fingerprint density at radius 2 is 1.93 bits per heavy atom. The number of benzene rings is 2. The number of hydrogen-bond acceptors (Lipinski definition) is 4. The van der Waals surface area contributed by atoms with E-state index in [1.165, 1.54) is 4.90 Å². The normalized spacial score (nSPS) is 10.6. The Morgan fingerprint density at radius 3 is 2.63 bits per heavy atom. The second kappa shape index (κ2) is 9.13. The SMILES string of the molecule is COc1ccc(C)cc1-n1ccc(C(=O)N(C)CC(=O)Nc2ccc(Br)cc2C)n1. The number of carbonyl (C=O) groups excluding carboxylic acids is 2. The summed E-state index contributed by atoms with van der Waals surface area (Å²) in [6.45, 7) is 3.79. The van der Waals surface area contributed by atoms with Crippen LogP contribution >= 0.6 is 15.9 Å². The molecular weight excluding hydrogens is 448 g/mol. The van der Waals surface area contributed by atoms with Crippen molar-refractivity contribution in [2.75, 3.05) is 26.0 Å². The number of rotatable bonds is 6. The second-order valence-electron chi connectivity index (χ2n) is 6.99. The highest BCUT2D eigenvalue weighted by Gasteiger charge is 2.19. The fourth-order valence-corrected chi connectivity index (χ4v) is 3.47. The quantitative estimate of drug-likeness (QED) is 0.591. The maximum absolute atomic E-state index is 12.7. The van der Waals surface area contributed by atoms with E-state index in [1.807, 2.05) is 50.2 Å². The van der Waals surface area contributed by atoms with Gasteiger partial charge in [-0.2, -0.15) is 5.10 Å². The topological polar surface area (TPSA) is 76.5 Å². The number of nitrogens with zero attached hydrogens (tertiary/aromatic N) is 3. The molecule has 1 heterocycles. The first-order valence-corrected chi connectivity index (χ1v) is 10.1. The standard InChI is InChI=1S/C22H23BrN4O3/c1-14-5-8-20(30-4)19(11-14)27-10-9-18(25-27)22(29)26(3)13-21(28)24-17-7-6-16(23)12-15(17)2/h5-12H,13H2,1-4H3,(H,24,28). The predicted molar refractivity (Wildman–Crippen MR) is 119 cm³/mol. The molecule has 30 heavy (non-hydrogen) atoms. The Kier molecular flexibility index (Phi) is 6.56. The molecule has 0 aliphatic heterocycles. The monoisotopic (exact) mass is 470 g/mol. The van der Waals surface area contributed by atoms with E-state index in [-0.39, 0.29) is 24.1 Å². The van der Waals surface area contributed by atoms with Gasteiger partial charge in [-0.15, -0.1) is 0 Å². The van der Waals surface area contributed by atoms with Crippen LogP contribution in [0.1, 0.15) is 21.6 Å². The van der Waals surface area contributed by atoms with E-state index in [4.69, 9.17) is 4.74 Å². The van der Waals surface area contributed by atoms with Gasteiger partial charge in [-0.3, -0.25) is 9.59 Å². The third kappa shape index (κ3) is 4.88. The number of carbonyl (C=O) groups is 2. The van der Waals surface area contributed by atoms with E-state index in [0.717, 1.165) is 21.3 Å². The summed E-state index contributed by atoms with van der Waals surface area (Å²) < 4.78 is 7.92. The van der Waals surface area contributed by atoms with Gasteiger partial charge in [-0.1, -0.05) is 22.0 Å². The van der Waals surface area contributed by atoms with Crippen molar-refractivity contribution in [1.29, 1.82) is 0 Å². The average Bonchev–Trinajstić information content (AvgIpc) is 3.19. The largest absolute Gasteiger partial charge is 0.494 e. The third-order valence-corrected chi connectivity index (χ3v) is 5.07. The number of aromatic nitrogens is 2. The first kappa shape index (κ1) is 21.6. The Balaban J connectivity index is 1.70. The van der Waals surface area contributed by atoms with Gasteiger partial charge in [0.2, 0.25) is 5.91 Å². The summed E-state index contributed by atoms with van der Waals surface area (Å²) in [6, 6.07) is 12.9. The summed E-state index contributed by atoms with van der Waals surface area (Å²) >= 11 is 3.40. The summed E-state index contributed by atoms with van der Waals surface area (Å²) in [4.78, 5) is 26.5. The van der Waals surface area contributed by atoms with Crippen LogP contribution in [0.5, 0.6) is 5.75 Å². The van der Waals surface area contributed by atoms with Crippen LogP contribution in [0.15, 0.2) is 53.1 Å². The summed E-state index contributed by atoms with van der Waals surface area (Å²) in [5.41, 5.74) is 3.67. The predicted octanol–water partition coefficient (Wildman–Crippen LogP) is 3.97. The summed E-state index contributed by atoms with van der Waals surface area (Å²) in [5.74, 6) is 0.0272. The molecule has 0 aliphatic rings. The molecule has 0 saturated heterocycles. The van der Waals surface area contributed by atoms with Gasteiger partial charge in [-0.05, 0) is 61.4 Å². The van der Waals surface area contributed by atoms with Crippen LogP contribution in [0, 0.1) is 13.8 Å². The van der Waals surface area contributed by atoms with E-state index in [1.54, 1.807) is 31.1 Å². The number of methoxy groups -OCH3 is 1. The van der Waals surface area contributed by atoms with E-state index in [2.05, 4.69) is 26.3 Å². The Morgan fingerprint density at radius 1 is 1.17 bits per heavy atom. The smallest absolute Gasteiger partial charge is 0.274 e. The van der Waals surface area contributed by atoms with E-state index in [9.17, 15) is 9.59 Å². The van der Waals surface area contributed by atoms with E-state index >= 15 is 0 Å². The number of halogens is 1. The van der Waals surface area contributed by atoms with Crippen LogP contribution in [-0.4, -0.2) is 47.2 Å². The maximum atomic E-state index is 12.7. The van der Waals surface area contributed by atoms with Crippen molar-refractivity contribution in [3.8, 4) is 11.4 Å². The fraction of sp³-hybridized carbons (Fsp3) is 0.227. The van der Waals surface area contributed by atoms with Gasteiger partial charge in [0.25, 0.3) is 5.91 Å². The van der Waals surface area contributed by atoms with Gasteiger partial charge >= 0.3 is 0 Å². The number of anilines is 1. The molecule has 0 radical (unpaired) electrons. The van der Waals surface area contributed by atoms with Crippen LogP contribution in [0.25, 0.3) is 5.69 Å². The van der Waals surface area contributed by atoms with Crippen LogP contribution in [-0.2, 0) is 4.79 Å². The molecule has 0 atom stereocenters. The highest BCUT2D eigenvalue weighted by Crippen LogP contribution is 2.24. The molecule has 0 bridgehead atoms. The molecule has 3 aromatic rings. The minimum absolute atomic E-state index is 0.0883. The number of amides is 2. The number of likely N-dealkylation sites (N-methyl/N-ethyl adjacent to an activating group) is 1. The van der Waals surface area contributed by atoms with Gasteiger partial charge in [0.15, 0.2) is 5.69 Å². The molecule has 2 aromatic carbocycles. The summed E-state index contributed by atoms with van der Waals surface area (Å²) in [5, 5.41) is 7.21. The van der Waals surface area contributed by atoms with Gasteiger partial charge in [0, 0.05) is 23.4 Å². The minimum Gasteiger partial charge on any atom is -0.494 e. The molecule has 3 rings (SSSR count). The molecule has 1 N–H and O–H groups in total. The van der Waals surface area contributed by atoms with Crippen molar-refractivity contribution >= 4 is 33.4 Å². The van der Waals surface area contributed by atoms with Crippen molar-refractivity contribution in [3.05, 3.63) is 70.0 Å². The van der Waals surface area contributed by atoms with Crippen LogP contribution in [0.2, 0.25) is 0 Å². The highest BCUT2D eigenvalue weighted by atomic mass is 79.9. The van der Waals surface area contributed by atoms with Gasteiger partial charge in [-0.25, -0.2) is 4.68 Å². The maximum Gasteiger partial charge on any atom is 0.274 e. The Bertz CT molecular complexity index is 1090. The molecule has 0 fully saturated rings. The number of ether oxygens (including phenoxy) is 1. The van der Waals surface area contributed by atoms with E-state index < -0.39 is 0 Å². The number of nitrogens with one attached hydrogen (secondary N) is 1. The van der Waals surface area contributed by atoms with Crippen LogP contribution < -0.4 is 10.1 Å². The Hall–Kier alpha value is -3.13. The lowest BCUT2D eigenvalue weighted by atomic mass is 10.2. The molecule has 156 valence electrons. The second-order valence-corrected chi connectivity index (χ2v) is 7.91. The van der Waals surface area contributed by atoms with Crippen molar-refractivity contribution < 1.29 is 14.3 Å². The number of aryl methyl sites for hydroxylation is 2. The molecule has 0 spiro atoms. The zero-order valence-electron chi connectivity index (χ0n) is 17.3. The zero-order chi connectivity index (χ0) is 21.8. The fourth-order valence-electron chi connectivity index (χ4n) is 2.99. The first-order valence-electron chi connectivity index (χ1n) is 9.30. The molecular formula is C22H23BrN4O3. The molecule has 2 amide bonds. The molecule has 0 saturated carbocycles. The third-order valence-electron chi connectivity index (χ3n) is 4.58. The van der Waals surface area contributed by atoms with Crippen LogP contribution in [0.3, 0.4) is 0 Å². The van der Waals surface area contributed by atoms with Gasteiger partial charge in [0.05, 0.1) is 13.7 Å². The molecule has 8 heteroatoms. The lowest BCUT2D eigenvalue weighted by Crippen LogP contribution is -2.35. The van der Waals surface area contributed by atoms with Gasteiger partial charge in [0.1, 0.15) is 11.4 Å². The minimum atomic E-state index is -0.344. The van der Waals surface area contributed by atoms with Crippen molar-refractivity contribution in [1.82, 2.24) is 14.7 Å². The molecule has 0 unspecified atom stereocenters. The molecule has 7 nitrogen and oxygen atoms in total. The summed E-state index contributed by atoms with van der Waals surface area (Å²) in [6.07, 6.45) is 1.70. The first-order chi connectivity index (χ1) is 14.3. The molecule has 1 aromatic heterocycles. The lowest BCUT2D eigenvalue weighted by Gasteiger charge is -2.16. The Labute approximate surface area is 183 Å². The number of hydrogen-bond donors (Lipinski definition) is 1.